The molecule has 0 spiro atoms. The Morgan fingerprint density at radius 1 is 1.40 bits per heavy atom. The molecule has 25 heavy (non-hydrogen) atoms. The topological polar surface area (TPSA) is 97.2 Å². The molecule has 0 aliphatic carbocycles. The standard InChI is InChI=1S/C15H21N5O3S2/c1-11(2)19-9-13(17-10-19)25(22,23)20-6-3-4-12(8-20)14(21)18-15-16-5-7-24-15/h5,7,9-12H,3-4,6,8H2,1-2H3,(H,16,18,21)/t12-/m0/s1. The van der Waals surface area contributed by atoms with Gasteiger partial charge < -0.3 is 9.88 Å². The number of rotatable bonds is 5. The van der Waals surface area contributed by atoms with Gasteiger partial charge in [-0.05, 0) is 26.7 Å². The quantitative estimate of drug-likeness (QED) is 0.851. The maximum Gasteiger partial charge on any atom is 0.262 e. The van der Waals surface area contributed by atoms with Gasteiger partial charge in [0.25, 0.3) is 10.0 Å². The summed E-state index contributed by atoms with van der Waals surface area (Å²) in [5.41, 5.74) is 0. The first-order chi connectivity index (χ1) is 11.9. The highest BCUT2D eigenvalue weighted by Gasteiger charge is 2.34. The van der Waals surface area contributed by atoms with Crippen LogP contribution in [0.4, 0.5) is 5.13 Å². The molecule has 0 radical (unpaired) electrons. The van der Waals surface area contributed by atoms with E-state index < -0.39 is 10.0 Å². The molecule has 0 bridgehead atoms. The fourth-order valence-corrected chi connectivity index (χ4v) is 4.71. The number of sulfonamides is 1. The number of piperidine rings is 1. The Kier molecular flexibility index (Phi) is 5.21. The second-order valence-electron chi connectivity index (χ2n) is 6.28. The van der Waals surface area contributed by atoms with Crippen molar-refractivity contribution in [3.63, 3.8) is 0 Å². The minimum atomic E-state index is -3.69. The predicted molar refractivity (Wildman–Crippen MR) is 94.8 cm³/mol. The van der Waals surface area contributed by atoms with E-state index in [0.717, 1.165) is 0 Å². The predicted octanol–water partition coefficient (Wildman–Crippen LogP) is 1.96. The van der Waals surface area contributed by atoms with E-state index >= 15 is 0 Å². The van der Waals surface area contributed by atoms with Gasteiger partial charge in [0, 0.05) is 36.9 Å². The van der Waals surface area contributed by atoms with Crippen LogP contribution < -0.4 is 5.32 Å². The lowest BCUT2D eigenvalue weighted by molar-refractivity contribution is -0.120. The first-order valence-corrected chi connectivity index (χ1v) is 10.4. The molecule has 1 fully saturated rings. The fraction of sp³-hybridized carbons (Fsp3) is 0.533. The van der Waals surface area contributed by atoms with Crippen LogP contribution in [0, 0.1) is 5.92 Å². The number of hydrogen-bond acceptors (Lipinski definition) is 6. The van der Waals surface area contributed by atoms with Gasteiger partial charge in [0.2, 0.25) is 5.91 Å². The van der Waals surface area contributed by atoms with E-state index in [1.807, 2.05) is 13.8 Å². The fourth-order valence-electron chi connectivity index (χ4n) is 2.73. The normalized spacial score (nSPS) is 19.2. The van der Waals surface area contributed by atoms with Crippen LogP contribution in [0.3, 0.4) is 0 Å². The van der Waals surface area contributed by atoms with Gasteiger partial charge in [-0.25, -0.2) is 18.4 Å². The van der Waals surface area contributed by atoms with Crippen LogP contribution in [0.15, 0.2) is 29.1 Å². The Morgan fingerprint density at radius 2 is 2.20 bits per heavy atom. The first-order valence-electron chi connectivity index (χ1n) is 8.12. The number of thiazole rings is 1. The molecule has 3 rings (SSSR count). The van der Waals surface area contributed by atoms with Crippen LogP contribution >= 0.6 is 11.3 Å². The van der Waals surface area contributed by atoms with E-state index in [1.165, 1.54) is 22.0 Å². The van der Waals surface area contributed by atoms with Crippen LogP contribution in [0.25, 0.3) is 0 Å². The van der Waals surface area contributed by atoms with Gasteiger partial charge in [-0.3, -0.25) is 4.79 Å². The molecule has 2 aromatic rings. The van der Waals surface area contributed by atoms with Gasteiger partial charge in [-0.2, -0.15) is 4.31 Å². The number of carbonyl (C=O) groups is 1. The molecule has 1 atom stereocenters. The van der Waals surface area contributed by atoms with Crippen molar-refractivity contribution >= 4 is 32.4 Å². The zero-order chi connectivity index (χ0) is 18.0. The summed E-state index contributed by atoms with van der Waals surface area (Å²) < 4.78 is 28.7. The molecule has 1 aliphatic heterocycles. The van der Waals surface area contributed by atoms with Crippen LogP contribution in [0.1, 0.15) is 32.7 Å². The molecule has 1 N–H and O–H groups in total. The van der Waals surface area contributed by atoms with Gasteiger partial charge in [-0.1, -0.05) is 0 Å². The van der Waals surface area contributed by atoms with Crippen LogP contribution in [0.5, 0.6) is 0 Å². The number of hydrogen-bond donors (Lipinski definition) is 1. The second-order valence-corrected chi connectivity index (χ2v) is 9.06. The number of imidazole rings is 1. The Hall–Kier alpha value is -1.78. The van der Waals surface area contributed by atoms with Crippen molar-refractivity contribution in [1.82, 2.24) is 18.8 Å². The highest BCUT2D eigenvalue weighted by molar-refractivity contribution is 7.89. The third kappa shape index (κ3) is 3.91. The van der Waals surface area contributed by atoms with Crippen molar-refractivity contribution in [3.8, 4) is 0 Å². The molecule has 0 unspecified atom stereocenters. The van der Waals surface area contributed by atoms with Crippen molar-refractivity contribution in [3.05, 3.63) is 24.1 Å². The summed E-state index contributed by atoms with van der Waals surface area (Å²) >= 11 is 1.34. The Balaban J connectivity index is 1.72. The van der Waals surface area contributed by atoms with E-state index in [0.29, 0.717) is 24.5 Å². The average molecular weight is 383 g/mol. The Labute approximate surface area is 150 Å². The molecule has 1 amide bonds. The number of aromatic nitrogens is 3. The van der Waals surface area contributed by atoms with E-state index in [1.54, 1.807) is 22.3 Å². The second kappa shape index (κ2) is 7.22. The molecule has 1 aliphatic rings. The molecule has 0 aromatic carbocycles. The lowest BCUT2D eigenvalue weighted by Gasteiger charge is -2.30. The molecular weight excluding hydrogens is 362 g/mol. The Bertz CT molecular complexity index is 829. The summed E-state index contributed by atoms with van der Waals surface area (Å²) in [6.07, 6.45) is 5.97. The highest BCUT2D eigenvalue weighted by atomic mass is 32.2. The number of nitrogens with one attached hydrogen (secondary N) is 1. The largest absolute Gasteiger partial charge is 0.334 e. The van der Waals surface area contributed by atoms with Gasteiger partial charge >= 0.3 is 0 Å². The highest BCUT2D eigenvalue weighted by Crippen LogP contribution is 2.25. The molecular formula is C15H21N5O3S2. The number of amides is 1. The summed E-state index contributed by atoms with van der Waals surface area (Å²) in [7, 11) is -3.69. The summed E-state index contributed by atoms with van der Waals surface area (Å²) in [6, 6.07) is 0.134. The number of anilines is 1. The van der Waals surface area contributed by atoms with Crippen molar-refractivity contribution < 1.29 is 13.2 Å². The maximum atomic E-state index is 12.8. The zero-order valence-corrected chi connectivity index (χ0v) is 15.8. The summed E-state index contributed by atoms with van der Waals surface area (Å²) in [6.45, 7) is 4.47. The molecule has 10 heteroatoms. The van der Waals surface area contributed by atoms with E-state index in [2.05, 4.69) is 15.3 Å². The van der Waals surface area contributed by atoms with Crippen molar-refractivity contribution in [2.75, 3.05) is 18.4 Å². The summed E-state index contributed by atoms with van der Waals surface area (Å²) in [5.74, 6) is -0.581. The molecule has 8 nitrogen and oxygen atoms in total. The SMILES string of the molecule is CC(C)n1cnc(S(=O)(=O)N2CCC[C@H](C(=O)Nc3nccs3)C2)c1. The third-order valence-electron chi connectivity index (χ3n) is 4.20. The minimum absolute atomic E-state index is 0.0298. The smallest absolute Gasteiger partial charge is 0.262 e. The van der Waals surface area contributed by atoms with E-state index in [4.69, 9.17) is 0 Å². The van der Waals surface area contributed by atoms with Gasteiger partial charge in [0.15, 0.2) is 10.2 Å². The maximum absolute atomic E-state index is 12.8. The third-order valence-corrected chi connectivity index (χ3v) is 6.64. The number of carbonyl (C=O) groups excluding carboxylic acids is 1. The van der Waals surface area contributed by atoms with E-state index in [9.17, 15) is 13.2 Å². The van der Waals surface area contributed by atoms with Crippen molar-refractivity contribution in [2.45, 2.75) is 37.8 Å². The van der Waals surface area contributed by atoms with Gasteiger partial charge in [-0.15, -0.1) is 11.3 Å². The minimum Gasteiger partial charge on any atom is -0.334 e. The van der Waals surface area contributed by atoms with Crippen molar-refractivity contribution in [1.29, 1.82) is 0 Å². The van der Waals surface area contributed by atoms with Gasteiger partial charge in [0.1, 0.15) is 0 Å². The monoisotopic (exact) mass is 383 g/mol. The number of nitrogens with zero attached hydrogens (tertiary/aromatic N) is 4. The van der Waals surface area contributed by atoms with Crippen LogP contribution in [0.2, 0.25) is 0 Å². The van der Waals surface area contributed by atoms with Crippen LogP contribution in [-0.4, -0.2) is 46.3 Å². The van der Waals surface area contributed by atoms with Crippen molar-refractivity contribution in [2.24, 2.45) is 5.92 Å². The van der Waals surface area contributed by atoms with Gasteiger partial charge in [0.05, 0.1) is 12.2 Å². The molecule has 1 saturated heterocycles. The van der Waals surface area contributed by atoms with E-state index in [-0.39, 0.29) is 29.4 Å². The first kappa shape index (κ1) is 18.0. The lowest BCUT2D eigenvalue weighted by Crippen LogP contribution is -2.43. The Morgan fingerprint density at radius 3 is 2.84 bits per heavy atom. The zero-order valence-electron chi connectivity index (χ0n) is 14.1. The molecule has 136 valence electrons. The molecule has 3 heterocycles. The van der Waals surface area contributed by atoms with Crippen LogP contribution in [-0.2, 0) is 14.8 Å². The summed E-state index contributed by atoms with van der Waals surface area (Å²) in [5, 5.41) is 5.08. The summed E-state index contributed by atoms with van der Waals surface area (Å²) in [4.78, 5) is 20.4. The molecule has 2 aromatic heterocycles. The lowest BCUT2D eigenvalue weighted by atomic mass is 9.99. The molecule has 0 saturated carbocycles. The average Bonchev–Trinajstić information content (AvgIpc) is 3.26.